The molecule has 1 unspecified atom stereocenters. The third kappa shape index (κ3) is 4.61. The summed E-state index contributed by atoms with van der Waals surface area (Å²) >= 11 is 0. The Labute approximate surface area is 126 Å². The van der Waals surface area contributed by atoms with Crippen LogP contribution in [0.1, 0.15) is 24.1 Å². The van der Waals surface area contributed by atoms with Crippen LogP contribution < -0.4 is 10.1 Å². The molecule has 0 saturated heterocycles. The van der Waals surface area contributed by atoms with Crippen molar-refractivity contribution in [2.24, 2.45) is 0 Å². The van der Waals surface area contributed by atoms with Gasteiger partial charge in [0.15, 0.2) is 0 Å². The lowest BCUT2D eigenvalue weighted by Crippen LogP contribution is -2.17. The number of hydrogen-bond acceptors (Lipinski definition) is 4. The highest BCUT2D eigenvalue weighted by Crippen LogP contribution is 2.24. The van der Waals surface area contributed by atoms with Crippen LogP contribution in [-0.4, -0.2) is 22.9 Å². The van der Waals surface area contributed by atoms with Gasteiger partial charge in [-0.05, 0) is 36.8 Å². The normalized spacial score (nSPS) is 12.8. The average Bonchev–Trinajstić information content (AvgIpc) is 2.45. The van der Waals surface area contributed by atoms with E-state index in [1.165, 1.54) is 18.5 Å². The monoisotopic (exact) mass is 311 g/mol. The topological polar surface area (TPSA) is 47.0 Å². The fourth-order valence-corrected chi connectivity index (χ4v) is 2.04. The van der Waals surface area contributed by atoms with E-state index in [9.17, 15) is 13.2 Å². The fraction of sp³-hybridized carbons (Fsp3) is 0.333. The number of hydrogen-bond donors (Lipinski definition) is 1. The molecular formula is C15H16F3N3O. The summed E-state index contributed by atoms with van der Waals surface area (Å²) in [5.41, 5.74) is 2.67. The lowest BCUT2D eigenvalue weighted by atomic mass is 10.0. The van der Waals surface area contributed by atoms with Crippen molar-refractivity contribution in [1.82, 2.24) is 9.97 Å². The van der Waals surface area contributed by atoms with Crippen molar-refractivity contribution in [2.45, 2.75) is 26.1 Å². The Kier molecular flexibility index (Phi) is 4.85. The van der Waals surface area contributed by atoms with Crippen molar-refractivity contribution in [3.63, 3.8) is 0 Å². The Morgan fingerprint density at radius 3 is 2.50 bits per heavy atom. The van der Waals surface area contributed by atoms with Crippen molar-refractivity contribution < 1.29 is 17.9 Å². The number of ether oxygens (including phenoxy) is 1. The summed E-state index contributed by atoms with van der Waals surface area (Å²) in [6.45, 7) is 4.56. The molecule has 1 aromatic heterocycles. The van der Waals surface area contributed by atoms with Crippen LogP contribution in [0, 0.1) is 6.92 Å². The van der Waals surface area contributed by atoms with Crippen LogP contribution in [0.3, 0.4) is 0 Å². The molecule has 2 rings (SSSR count). The summed E-state index contributed by atoms with van der Waals surface area (Å²) in [5, 5.41) is 3.17. The Hall–Kier alpha value is -2.31. The van der Waals surface area contributed by atoms with Crippen molar-refractivity contribution >= 4 is 5.69 Å². The Balaban J connectivity index is 1.93. The second-order valence-corrected chi connectivity index (χ2v) is 4.92. The van der Waals surface area contributed by atoms with Gasteiger partial charge in [-0.1, -0.05) is 6.92 Å². The van der Waals surface area contributed by atoms with Gasteiger partial charge in [0, 0.05) is 30.0 Å². The van der Waals surface area contributed by atoms with Gasteiger partial charge in [-0.25, -0.2) is 9.97 Å². The minimum atomic E-state index is -4.67. The highest BCUT2D eigenvalue weighted by Gasteiger charge is 2.30. The van der Waals surface area contributed by atoms with Gasteiger partial charge < -0.3 is 10.1 Å². The minimum absolute atomic E-state index is 0.173. The number of alkyl halides is 3. The van der Waals surface area contributed by atoms with Crippen LogP contribution >= 0.6 is 0 Å². The smallest absolute Gasteiger partial charge is 0.406 e. The standard InChI is InChI=1S/C15H16F3N3O/c1-10(14-8-19-9-21-11(14)2)7-20-12-3-5-13(6-4-12)22-15(16,17)18/h3-6,8-10,20H,7H2,1-2H3. The minimum Gasteiger partial charge on any atom is -0.406 e. The van der Waals surface area contributed by atoms with Gasteiger partial charge in [-0.3, -0.25) is 0 Å². The van der Waals surface area contributed by atoms with Crippen molar-refractivity contribution in [2.75, 3.05) is 11.9 Å². The van der Waals surface area contributed by atoms with E-state index in [1.54, 1.807) is 18.3 Å². The average molecular weight is 311 g/mol. The maximum absolute atomic E-state index is 12.1. The van der Waals surface area contributed by atoms with Crippen LogP contribution in [0.2, 0.25) is 0 Å². The maximum Gasteiger partial charge on any atom is 0.573 e. The number of aryl methyl sites for hydroxylation is 1. The van der Waals surface area contributed by atoms with Gasteiger partial charge >= 0.3 is 6.36 Å². The van der Waals surface area contributed by atoms with E-state index in [0.717, 1.165) is 16.9 Å². The number of benzene rings is 1. The number of nitrogens with zero attached hydrogens (tertiary/aromatic N) is 2. The van der Waals surface area contributed by atoms with E-state index >= 15 is 0 Å². The fourth-order valence-electron chi connectivity index (χ4n) is 2.04. The summed E-state index contributed by atoms with van der Waals surface area (Å²) in [6.07, 6.45) is -1.40. The van der Waals surface area contributed by atoms with Crippen molar-refractivity contribution in [3.8, 4) is 5.75 Å². The van der Waals surface area contributed by atoms with Crippen LogP contribution in [-0.2, 0) is 0 Å². The van der Waals surface area contributed by atoms with Crippen molar-refractivity contribution in [1.29, 1.82) is 0 Å². The molecule has 0 aliphatic heterocycles. The lowest BCUT2D eigenvalue weighted by molar-refractivity contribution is -0.274. The molecule has 0 amide bonds. The van der Waals surface area contributed by atoms with E-state index in [1.807, 2.05) is 13.8 Å². The lowest BCUT2D eigenvalue weighted by Gasteiger charge is -2.15. The molecule has 0 radical (unpaired) electrons. The molecule has 1 aromatic carbocycles. The zero-order valence-corrected chi connectivity index (χ0v) is 12.2. The number of aromatic nitrogens is 2. The van der Waals surface area contributed by atoms with Gasteiger partial charge in [0.25, 0.3) is 0 Å². The molecule has 0 aliphatic rings. The first kappa shape index (κ1) is 16.1. The molecule has 0 aliphatic carbocycles. The van der Waals surface area contributed by atoms with Gasteiger partial charge in [0.2, 0.25) is 0 Å². The molecule has 0 bridgehead atoms. The SMILES string of the molecule is Cc1ncncc1C(C)CNc1ccc(OC(F)(F)F)cc1. The van der Waals surface area contributed by atoms with E-state index in [4.69, 9.17) is 0 Å². The van der Waals surface area contributed by atoms with E-state index in [2.05, 4.69) is 20.0 Å². The van der Waals surface area contributed by atoms with Gasteiger partial charge in [-0.2, -0.15) is 0 Å². The first-order chi connectivity index (χ1) is 10.3. The highest BCUT2D eigenvalue weighted by atomic mass is 19.4. The summed E-state index contributed by atoms with van der Waals surface area (Å²) in [6, 6.07) is 5.64. The summed E-state index contributed by atoms with van der Waals surface area (Å²) in [4.78, 5) is 8.14. The molecule has 118 valence electrons. The molecule has 1 heterocycles. The van der Waals surface area contributed by atoms with Crippen LogP contribution in [0.4, 0.5) is 18.9 Å². The summed E-state index contributed by atoms with van der Waals surface area (Å²) in [7, 11) is 0. The molecule has 22 heavy (non-hydrogen) atoms. The summed E-state index contributed by atoms with van der Waals surface area (Å²) in [5.74, 6) is -0.0642. The zero-order valence-electron chi connectivity index (χ0n) is 12.2. The number of nitrogens with one attached hydrogen (secondary N) is 1. The Bertz CT molecular complexity index is 614. The maximum atomic E-state index is 12.1. The third-order valence-electron chi connectivity index (χ3n) is 3.18. The van der Waals surface area contributed by atoms with E-state index in [0.29, 0.717) is 6.54 Å². The second kappa shape index (κ2) is 6.64. The predicted octanol–water partition coefficient (Wildman–Crippen LogP) is 3.90. The van der Waals surface area contributed by atoms with Gasteiger partial charge in [0.05, 0.1) is 0 Å². The largest absolute Gasteiger partial charge is 0.573 e. The molecule has 7 heteroatoms. The van der Waals surface area contributed by atoms with Crippen LogP contribution in [0.15, 0.2) is 36.8 Å². The molecule has 4 nitrogen and oxygen atoms in total. The number of anilines is 1. The summed E-state index contributed by atoms with van der Waals surface area (Å²) < 4.78 is 40.0. The van der Waals surface area contributed by atoms with Crippen LogP contribution in [0.5, 0.6) is 5.75 Å². The van der Waals surface area contributed by atoms with E-state index in [-0.39, 0.29) is 11.7 Å². The first-order valence-electron chi connectivity index (χ1n) is 6.71. The molecule has 1 N–H and O–H groups in total. The second-order valence-electron chi connectivity index (χ2n) is 4.92. The Morgan fingerprint density at radius 2 is 1.91 bits per heavy atom. The van der Waals surface area contributed by atoms with Crippen molar-refractivity contribution in [3.05, 3.63) is 48.0 Å². The van der Waals surface area contributed by atoms with Gasteiger partial charge in [-0.15, -0.1) is 13.2 Å². The highest BCUT2D eigenvalue weighted by molar-refractivity contribution is 5.46. The van der Waals surface area contributed by atoms with E-state index < -0.39 is 6.36 Å². The zero-order chi connectivity index (χ0) is 16.2. The third-order valence-corrected chi connectivity index (χ3v) is 3.18. The van der Waals surface area contributed by atoms with Crippen LogP contribution in [0.25, 0.3) is 0 Å². The number of rotatable bonds is 5. The van der Waals surface area contributed by atoms with Gasteiger partial charge in [0.1, 0.15) is 12.1 Å². The molecule has 2 aromatic rings. The molecule has 0 fully saturated rings. The molecule has 0 spiro atoms. The molecule has 0 saturated carbocycles. The number of halogens is 3. The Morgan fingerprint density at radius 1 is 1.23 bits per heavy atom. The first-order valence-corrected chi connectivity index (χ1v) is 6.71. The molecular weight excluding hydrogens is 295 g/mol. The predicted molar refractivity (Wildman–Crippen MR) is 76.8 cm³/mol. The molecule has 1 atom stereocenters. The quantitative estimate of drug-likeness (QED) is 0.910.